The quantitative estimate of drug-likeness (QED) is 0.493. The minimum atomic E-state index is -0.164. The van der Waals surface area contributed by atoms with Gasteiger partial charge in [-0.1, -0.05) is 38.1 Å². The Hall–Kier alpha value is -2.88. The third-order valence-electron chi connectivity index (χ3n) is 7.78. The molecule has 1 heterocycles. The molecule has 4 heteroatoms. The Labute approximate surface area is 182 Å². The minimum Gasteiger partial charge on any atom is -0.457 e. The predicted molar refractivity (Wildman–Crippen MR) is 119 cm³/mol. The van der Waals surface area contributed by atoms with Crippen molar-refractivity contribution in [2.24, 2.45) is 35.5 Å². The summed E-state index contributed by atoms with van der Waals surface area (Å²) in [6.07, 6.45) is 5.60. The molecule has 1 saturated heterocycles. The summed E-state index contributed by atoms with van der Waals surface area (Å²) in [6.45, 7) is 6.35. The largest absolute Gasteiger partial charge is 0.457 e. The molecule has 0 spiro atoms. The highest BCUT2D eigenvalue weighted by Crippen LogP contribution is 2.65. The van der Waals surface area contributed by atoms with Gasteiger partial charge in [-0.05, 0) is 84.4 Å². The second-order valence-electron chi connectivity index (χ2n) is 9.96. The summed E-state index contributed by atoms with van der Waals surface area (Å²) < 4.78 is 6.18. The van der Waals surface area contributed by atoms with E-state index in [-0.39, 0.29) is 35.5 Å². The zero-order chi connectivity index (χ0) is 21.4. The number of amides is 2. The van der Waals surface area contributed by atoms with E-state index in [4.69, 9.17) is 4.74 Å². The molecular weight excluding hydrogens is 386 g/mol. The average Bonchev–Trinajstić information content (AvgIpc) is 3.52. The van der Waals surface area contributed by atoms with Crippen LogP contribution in [0, 0.1) is 42.4 Å². The SMILES string of the molecule is Cc1ccc(C(C)C)c(Oc2ccc(N3C(=O)[C@@H]4[C@H]5C=C[C@H]([C@@H]6C[C@H]56)[C@@H]4C3=O)cc2)c1. The maximum Gasteiger partial charge on any atom is 0.238 e. The van der Waals surface area contributed by atoms with Crippen molar-refractivity contribution in [2.75, 3.05) is 4.90 Å². The molecule has 1 aliphatic heterocycles. The van der Waals surface area contributed by atoms with E-state index in [0.717, 1.165) is 16.9 Å². The third kappa shape index (κ3) is 2.73. The van der Waals surface area contributed by atoms with Crippen LogP contribution in [0.5, 0.6) is 11.5 Å². The van der Waals surface area contributed by atoms with E-state index < -0.39 is 0 Å². The molecule has 4 nitrogen and oxygen atoms in total. The smallest absolute Gasteiger partial charge is 0.238 e. The maximum absolute atomic E-state index is 13.3. The number of anilines is 1. The summed E-state index contributed by atoms with van der Waals surface area (Å²) in [5, 5.41) is 0. The highest BCUT2D eigenvalue weighted by atomic mass is 16.5. The standard InChI is InChI=1S/C27H27NO3/c1-14(2)18-9-4-15(3)12-23(18)31-17-7-5-16(6-8-17)28-26(29)24-19-10-11-20(22-13-21(19)22)25(24)27(28)30/h4-12,14,19-22,24-25H,13H2,1-3H3/t19-,20+,21+,22-,24+,25-. The number of allylic oxidation sites excluding steroid dienone is 2. The van der Waals surface area contributed by atoms with Gasteiger partial charge < -0.3 is 4.74 Å². The van der Waals surface area contributed by atoms with Crippen LogP contribution in [0.2, 0.25) is 0 Å². The Kier molecular flexibility index (Phi) is 3.99. The topological polar surface area (TPSA) is 46.6 Å². The van der Waals surface area contributed by atoms with E-state index in [1.54, 1.807) is 0 Å². The molecule has 0 unspecified atom stereocenters. The van der Waals surface area contributed by atoms with Crippen LogP contribution in [0.3, 0.4) is 0 Å². The van der Waals surface area contributed by atoms with Crippen LogP contribution in [0.25, 0.3) is 0 Å². The van der Waals surface area contributed by atoms with Crippen LogP contribution in [0.4, 0.5) is 5.69 Å². The molecule has 0 aromatic heterocycles. The van der Waals surface area contributed by atoms with Crippen LogP contribution in [0.15, 0.2) is 54.6 Å². The monoisotopic (exact) mass is 413 g/mol. The highest BCUT2D eigenvalue weighted by Gasteiger charge is 2.67. The summed E-state index contributed by atoms with van der Waals surface area (Å²) in [7, 11) is 0. The minimum absolute atomic E-state index is 0.0193. The molecule has 3 fully saturated rings. The average molecular weight is 414 g/mol. The first-order valence-electron chi connectivity index (χ1n) is 11.4. The van der Waals surface area contributed by atoms with Crippen molar-refractivity contribution < 1.29 is 14.3 Å². The molecule has 0 radical (unpaired) electrons. The number of nitrogens with zero attached hydrogens (tertiary/aromatic N) is 1. The van der Waals surface area contributed by atoms with E-state index in [0.29, 0.717) is 29.2 Å². The third-order valence-corrected chi connectivity index (χ3v) is 7.78. The van der Waals surface area contributed by atoms with Crippen molar-refractivity contribution >= 4 is 17.5 Å². The van der Waals surface area contributed by atoms with Crippen LogP contribution in [-0.2, 0) is 9.59 Å². The summed E-state index contributed by atoms with van der Waals surface area (Å²) in [6, 6.07) is 13.6. The molecule has 2 bridgehead atoms. The number of ether oxygens (including phenoxy) is 1. The van der Waals surface area contributed by atoms with E-state index in [1.807, 2.05) is 24.3 Å². The van der Waals surface area contributed by atoms with E-state index in [9.17, 15) is 9.59 Å². The van der Waals surface area contributed by atoms with Crippen molar-refractivity contribution in [1.82, 2.24) is 0 Å². The molecule has 2 aromatic rings. The number of aryl methyl sites for hydroxylation is 1. The fourth-order valence-corrected chi connectivity index (χ4v) is 6.21. The lowest BCUT2D eigenvalue weighted by Gasteiger charge is -2.37. The summed E-state index contributed by atoms with van der Waals surface area (Å²) in [5.41, 5.74) is 2.96. The Morgan fingerprint density at radius 1 is 0.903 bits per heavy atom. The van der Waals surface area contributed by atoms with Gasteiger partial charge in [0.15, 0.2) is 0 Å². The van der Waals surface area contributed by atoms with Crippen molar-refractivity contribution in [2.45, 2.75) is 33.1 Å². The van der Waals surface area contributed by atoms with Crippen LogP contribution < -0.4 is 9.64 Å². The van der Waals surface area contributed by atoms with E-state index in [1.165, 1.54) is 11.3 Å². The first-order chi connectivity index (χ1) is 14.9. The number of imide groups is 1. The molecule has 158 valence electrons. The van der Waals surface area contributed by atoms with E-state index >= 15 is 0 Å². The van der Waals surface area contributed by atoms with Crippen LogP contribution in [-0.4, -0.2) is 11.8 Å². The summed E-state index contributed by atoms with van der Waals surface area (Å²) >= 11 is 0. The zero-order valence-electron chi connectivity index (χ0n) is 18.1. The maximum atomic E-state index is 13.3. The Bertz CT molecular complexity index is 1080. The Morgan fingerprint density at radius 2 is 1.52 bits per heavy atom. The van der Waals surface area contributed by atoms with Crippen LogP contribution in [0.1, 0.15) is 37.3 Å². The Morgan fingerprint density at radius 3 is 2.10 bits per heavy atom. The number of carbonyl (C=O) groups is 2. The lowest BCUT2D eigenvalue weighted by molar-refractivity contribution is -0.124. The summed E-state index contributed by atoms with van der Waals surface area (Å²) in [4.78, 5) is 28.0. The molecule has 31 heavy (non-hydrogen) atoms. The highest BCUT2D eigenvalue weighted by molar-refractivity contribution is 6.22. The molecule has 6 atom stereocenters. The van der Waals surface area contributed by atoms with Gasteiger partial charge in [0.25, 0.3) is 0 Å². The molecule has 7 rings (SSSR count). The lowest BCUT2D eigenvalue weighted by Crippen LogP contribution is -2.40. The summed E-state index contributed by atoms with van der Waals surface area (Å²) in [5.74, 6) is 3.28. The number of carbonyl (C=O) groups excluding carboxylic acids is 2. The molecule has 4 aliphatic carbocycles. The number of benzene rings is 2. The second-order valence-corrected chi connectivity index (χ2v) is 9.96. The van der Waals surface area contributed by atoms with Gasteiger partial charge in [-0.25, -0.2) is 0 Å². The number of hydrogen-bond donors (Lipinski definition) is 0. The van der Waals surface area contributed by atoms with Gasteiger partial charge in [0.2, 0.25) is 11.8 Å². The van der Waals surface area contributed by atoms with Gasteiger partial charge in [-0.2, -0.15) is 0 Å². The van der Waals surface area contributed by atoms with Crippen molar-refractivity contribution in [3.05, 3.63) is 65.7 Å². The Balaban J connectivity index is 1.26. The van der Waals surface area contributed by atoms with Crippen molar-refractivity contribution in [3.8, 4) is 11.5 Å². The zero-order valence-corrected chi connectivity index (χ0v) is 18.1. The lowest BCUT2D eigenvalue weighted by atomic mass is 9.63. The van der Waals surface area contributed by atoms with Gasteiger partial charge in [-0.3, -0.25) is 14.5 Å². The molecule has 2 aromatic carbocycles. The molecule has 5 aliphatic rings. The number of hydrogen-bond acceptors (Lipinski definition) is 3. The molecular formula is C27H27NO3. The van der Waals surface area contributed by atoms with Gasteiger partial charge >= 0.3 is 0 Å². The van der Waals surface area contributed by atoms with E-state index in [2.05, 4.69) is 51.1 Å². The molecule has 2 amide bonds. The van der Waals surface area contributed by atoms with Gasteiger partial charge in [0.05, 0.1) is 17.5 Å². The number of rotatable bonds is 4. The van der Waals surface area contributed by atoms with Crippen molar-refractivity contribution in [1.29, 1.82) is 0 Å². The van der Waals surface area contributed by atoms with Gasteiger partial charge in [0.1, 0.15) is 11.5 Å². The van der Waals surface area contributed by atoms with Crippen molar-refractivity contribution in [3.63, 3.8) is 0 Å². The van der Waals surface area contributed by atoms with Crippen LogP contribution >= 0.6 is 0 Å². The predicted octanol–water partition coefficient (Wildman–Crippen LogP) is 5.47. The molecule has 0 N–H and O–H groups in total. The molecule has 2 saturated carbocycles. The first kappa shape index (κ1) is 18.9. The second kappa shape index (κ2) is 6.56. The van der Waals surface area contributed by atoms with Gasteiger partial charge in [0, 0.05) is 0 Å². The van der Waals surface area contributed by atoms with Gasteiger partial charge in [-0.15, -0.1) is 0 Å². The first-order valence-corrected chi connectivity index (χ1v) is 11.4. The normalized spacial score (nSPS) is 32.5. The fourth-order valence-electron chi connectivity index (χ4n) is 6.21. The fraction of sp³-hybridized carbons (Fsp3) is 0.407.